The molecule has 4 heteroatoms. The van der Waals surface area contributed by atoms with Gasteiger partial charge in [0.2, 0.25) is 0 Å². The van der Waals surface area contributed by atoms with Crippen LogP contribution in [0.15, 0.2) is 22.8 Å². The smallest absolute Gasteiger partial charge is 0.272 e. The number of nitrogens with zero attached hydrogens (tertiary/aromatic N) is 2. The summed E-state index contributed by atoms with van der Waals surface area (Å²) in [5.41, 5.74) is 0.539. The number of amides is 1. The minimum atomic E-state index is 0.0547. The van der Waals surface area contributed by atoms with Gasteiger partial charge in [-0.25, -0.2) is 4.98 Å². The highest BCUT2D eigenvalue weighted by Gasteiger charge is 2.22. The Balaban J connectivity index is 2.09. The number of rotatable bonds is 1. The zero-order chi connectivity index (χ0) is 11.5. The molecule has 3 nitrogen and oxygen atoms in total. The van der Waals surface area contributed by atoms with Crippen LogP contribution in [-0.4, -0.2) is 28.9 Å². The molecule has 0 N–H and O–H groups in total. The molecule has 0 saturated carbocycles. The van der Waals surface area contributed by atoms with Crippen LogP contribution in [0.3, 0.4) is 0 Å². The molecule has 2 heterocycles. The van der Waals surface area contributed by atoms with E-state index in [2.05, 4.69) is 27.8 Å². The molecule has 86 valence electrons. The van der Waals surface area contributed by atoms with Gasteiger partial charge in [0.15, 0.2) is 0 Å². The van der Waals surface area contributed by atoms with Crippen LogP contribution in [0.25, 0.3) is 0 Å². The van der Waals surface area contributed by atoms with Crippen molar-refractivity contribution < 1.29 is 4.79 Å². The lowest BCUT2D eigenvalue weighted by atomic mass is 10.00. The third-order valence-corrected chi connectivity index (χ3v) is 3.36. The van der Waals surface area contributed by atoms with E-state index in [0.29, 0.717) is 11.6 Å². The van der Waals surface area contributed by atoms with Crippen molar-refractivity contribution in [3.05, 3.63) is 28.5 Å². The first-order chi connectivity index (χ1) is 7.66. The van der Waals surface area contributed by atoms with Gasteiger partial charge in [0.25, 0.3) is 5.91 Å². The number of aromatic nitrogens is 1. The molecule has 16 heavy (non-hydrogen) atoms. The molecule has 0 bridgehead atoms. The third-order valence-electron chi connectivity index (χ3n) is 2.89. The number of hydrogen-bond acceptors (Lipinski definition) is 2. The largest absolute Gasteiger partial charge is 0.337 e. The highest BCUT2D eigenvalue weighted by atomic mass is 79.9. The summed E-state index contributed by atoms with van der Waals surface area (Å²) in [6.45, 7) is 3.91. The molecule has 1 atom stereocenters. The lowest BCUT2D eigenvalue weighted by molar-refractivity contribution is 0.0677. The van der Waals surface area contributed by atoms with Crippen molar-refractivity contribution in [2.45, 2.75) is 19.8 Å². The standard InChI is InChI=1S/C12H15BrN2O/c1-9-3-2-6-15(8-9)12(16)11-5-4-10(13)7-14-11/h4-5,7,9H,2-3,6,8H2,1H3. The minimum absolute atomic E-state index is 0.0547. The summed E-state index contributed by atoms with van der Waals surface area (Å²) in [5.74, 6) is 0.659. The van der Waals surface area contributed by atoms with E-state index < -0.39 is 0 Å². The fourth-order valence-electron chi connectivity index (χ4n) is 2.04. The number of carbonyl (C=O) groups is 1. The maximum Gasteiger partial charge on any atom is 0.272 e. The molecule has 1 amide bonds. The minimum Gasteiger partial charge on any atom is -0.337 e. The summed E-state index contributed by atoms with van der Waals surface area (Å²) in [6, 6.07) is 3.62. The van der Waals surface area contributed by atoms with E-state index in [0.717, 1.165) is 24.0 Å². The van der Waals surface area contributed by atoms with Gasteiger partial charge in [0.05, 0.1) is 0 Å². The van der Waals surface area contributed by atoms with E-state index in [-0.39, 0.29) is 5.91 Å². The molecule has 1 aromatic heterocycles. The summed E-state index contributed by atoms with van der Waals surface area (Å²) in [4.78, 5) is 18.2. The van der Waals surface area contributed by atoms with Crippen LogP contribution in [0.4, 0.5) is 0 Å². The van der Waals surface area contributed by atoms with Crippen LogP contribution < -0.4 is 0 Å². The SMILES string of the molecule is CC1CCCN(C(=O)c2ccc(Br)cn2)C1. The van der Waals surface area contributed by atoms with Gasteiger partial charge in [0.1, 0.15) is 5.69 Å². The van der Waals surface area contributed by atoms with Gasteiger partial charge in [-0.05, 0) is 46.8 Å². The zero-order valence-electron chi connectivity index (χ0n) is 9.32. The summed E-state index contributed by atoms with van der Waals surface area (Å²) in [7, 11) is 0. The summed E-state index contributed by atoms with van der Waals surface area (Å²) in [6.07, 6.45) is 3.99. The Morgan fingerprint density at radius 1 is 1.56 bits per heavy atom. The second-order valence-electron chi connectivity index (χ2n) is 4.36. The Hall–Kier alpha value is -0.900. The first-order valence-electron chi connectivity index (χ1n) is 5.57. The molecule has 1 fully saturated rings. The van der Waals surface area contributed by atoms with Crippen LogP contribution in [0, 0.1) is 5.92 Å². The zero-order valence-corrected chi connectivity index (χ0v) is 10.9. The number of halogens is 1. The van der Waals surface area contributed by atoms with Gasteiger partial charge >= 0.3 is 0 Å². The molecule has 1 aliphatic heterocycles. The summed E-state index contributed by atoms with van der Waals surface area (Å²) in [5, 5.41) is 0. The molecule has 0 radical (unpaired) electrons. The van der Waals surface area contributed by atoms with Crippen molar-refractivity contribution in [3.8, 4) is 0 Å². The molecular weight excluding hydrogens is 268 g/mol. The Morgan fingerprint density at radius 3 is 3.00 bits per heavy atom. The van der Waals surface area contributed by atoms with Crippen LogP contribution in [0.2, 0.25) is 0 Å². The highest BCUT2D eigenvalue weighted by molar-refractivity contribution is 9.10. The molecule has 1 saturated heterocycles. The van der Waals surface area contributed by atoms with E-state index >= 15 is 0 Å². The summed E-state index contributed by atoms with van der Waals surface area (Å²) >= 11 is 3.31. The summed E-state index contributed by atoms with van der Waals surface area (Å²) < 4.78 is 0.899. The molecule has 1 unspecified atom stereocenters. The first-order valence-corrected chi connectivity index (χ1v) is 6.37. The van der Waals surface area contributed by atoms with E-state index in [1.54, 1.807) is 12.3 Å². The maximum atomic E-state index is 12.1. The number of hydrogen-bond donors (Lipinski definition) is 0. The van der Waals surface area contributed by atoms with E-state index in [9.17, 15) is 4.79 Å². The van der Waals surface area contributed by atoms with Crippen molar-refractivity contribution in [2.24, 2.45) is 5.92 Å². The van der Waals surface area contributed by atoms with Gasteiger partial charge in [-0.2, -0.15) is 0 Å². The second-order valence-corrected chi connectivity index (χ2v) is 5.28. The third kappa shape index (κ3) is 2.61. The average molecular weight is 283 g/mol. The monoisotopic (exact) mass is 282 g/mol. The number of carbonyl (C=O) groups excluding carboxylic acids is 1. The van der Waals surface area contributed by atoms with Crippen molar-refractivity contribution in [2.75, 3.05) is 13.1 Å². The first kappa shape index (κ1) is 11.6. The molecule has 0 spiro atoms. The molecule has 2 rings (SSSR count). The van der Waals surface area contributed by atoms with E-state index in [1.807, 2.05) is 11.0 Å². The topological polar surface area (TPSA) is 33.2 Å². The Kier molecular flexibility index (Phi) is 3.59. The molecule has 1 aromatic rings. The lowest BCUT2D eigenvalue weighted by Gasteiger charge is -2.30. The van der Waals surface area contributed by atoms with Crippen LogP contribution >= 0.6 is 15.9 Å². The Bertz CT molecular complexity index is 377. The molecular formula is C12H15BrN2O. The van der Waals surface area contributed by atoms with Crippen molar-refractivity contribution >= 4 is 21.8 Å². The van der Waals surface area contributed by atoms with Gasteiger partial charge in [-0.15, -0.1) is 0 Å². The van der Waals surface area contributed by atoms with Crippen LogP contribution in [0.1, 0.15) is 30.3 Å². The number of piperidine rings is 1. The average Bonchev–Trinajstić information content (AvgIpc) is 2.29. The number of likely N-dealkylation sites (tertiary alicyclic amines) is 1. The van der Waals surface area contributed by atoms with Crippen LogP contribution in [0.5, 0.6) is 0 Å². The van der Waals surface area contributed by atoms with Gasteiger partial charge in [0, 0.05) is 23.8 Å². The van der Waals surface area contributed by atoms with Gasteiger partial charge in [-0.3, -0.25) is 4.79 Å². The Morgan fingerprint density at radius 2 is 2.38 bits per heavy atom. The van der Waals surface area contributed by atoms with E-state index in [1.165, 1.54) is 6.42 Å². The predicted octanol–water partition coefficient (Wildman–Crippen LogP) is 2.72. The lowest BCUT2D eigenvalue weighted by Crippen LogP contribution is -2.39. The normalized spacial score (nSPS) is 20.9. The molecule has 0 aromatic carbocycles. The fraction of sp³-hybridized carbons (Fsp3) is 0.500. The highest BCUT2D eigenvalue weighted by Crippen LogP contribution is 2.17. The van der Waals surface area contributed by atoms with Gasteiger partial charge in [-0.1, -0.05) is 6.92 Å². The Labute approximate surface area is 104 Å². The number of pyridine rings is 1. The van der Waals surface area contributed by atoms with Crippen molar-refractivity contribution in [1.29, 1.82) is 0 Å². The second kappa shape index (κ2) is 4.95. The van der Waals surface area contributed by atoms with Crippen molar-refractivity contribution in [3.63, 3.8) is 0 Å². The quantitative estimate of drug-likeness (QED) is 0.794. The fourth-order valence-corrected chi connectivity index (χ4v) is 2.27. The molecule has 1 aliphatic rings. The van der Waals surface area contributed by atoms with Crippen molar-refractivity contribution in [1.82, 2.24) is 9.88 Å². The van der Waals surface area contributed by atoms with Gasteiger partial charge < -0.3 is 4.90 Å². The predicted molar refractivity (Wildman–Crippen MR) is 66.2 cm³/mol. The maximum absolute atomic E-state index is 12.1. The molecule has 0 aliphatic carbocycles. The van der Waals surface area contributed by atoms with E-state index in [4.69, 9.17) is 0 Å². The van der Waals surface area contributed by atoms with Crippen LogP contribution in [-0.2, 0) is 0 Å².